The van der Waals surface area contributed by atoms with E-state index in [1.54, 1.807) is 0 Å². The van der Waals surface area contributed by atoms with Crippen molar-refractivity contribution in [3.63, 3.8) is 0 Å². The average molecular weight is 501 g/mol. The van der Waals surface area contributed by atoms with Gasteiger partial charge in [0, 0.05) is 6.20 Å². The fraction of sp³-hybridized carbons (Fsp3) is 0.556. The van der Waals surface area contributed by atoms with Gasteiger partial charge in [-0.15, -0.1) is 0 Å². The first-order valence-electron chi connectivity index (χ1n) is 7.30. The van der Waals surface area contributed by atoms with Crippen LogP contribution in [0.4, 0.5) is 5.82 Å². The second-order valence-electron chi connectivity index (χ2n) is 5.25. The van der Waals surface area contributed by atoms with Gasteiger partial charge in [0.2, 0.25) is 0 Å². The summed E-state index contributed by atoms with van der Waals surface area (Å²) in [6, 6.07) is 1.52. The zero-order chi connectivity index (χ0) is 23.3. The molecule has 1 aliphatic heterocycles. The molecule has 10 N–H and O–H groups in total. The molecule has 0 saturated carbocycles. The van der Waals surface area contributed by atoms with E-state index in [2.05, 4.69) is 27.8 Å². The average Bonchev–Trinajstić information content (AvgIpc) is 2.77. The van der Waals surface area contributed by atoms with Gasteiger partial charge in [-0.05, 0) is 6.07 Å². The van der Waals surface area contributed by atoms with Gasteiger partial charge in [-0.1, -0.05) is 0 Å². The standard InChI is InChI=1S/C5H13O14P3.C4H5N3O/c6-3-2(17-5(8)4(3)7)1-16-21(12,13)19-22(14,15)18-20(9,10)11;5-3-1-2-6-4(8)7-3/h2-8H,1H2,(H,12,13)(H,14,15)(H2,9,10,11);1-2H,(H3,5,6,7,8)/t2-,3-,4+,5-;/m1./s1. The number of ether oxygens (including phenoxy) is 1. The molecule has 0 radical (unpaired) electrons. The molecular weight excluding hydrogens is 483 g/mol. The van der Waals surface area contributed by atoms with Crippen LogP contribution in [-0.2, 0) is 31.6 Å². The van der Waals surface area contributed by atoms with Gasteiger partial charge in [0.15, 0.2) is 6.29 Å². The first-order chi connectivity index (χ1) is 13.5. The van der Waals surface area contributed by atoms with E-state index in [-0.39, 0.29) is 5.82 Å². The van der Waals surface area contributed by atoms with Crippen LogP contribution in [-0.4, -0.2) is 76.1 Å². The molecule has 1 aromatic rings. The molecule has 30 heavy (non-hydrogen) atoms. The Morgan fingerprint density at radius 3 is 2.07 bits per heavy atom. The Morgan fingerprint density at radius 1 is 1.07 bits per heavy atom. The van der Waals surface area contributed by atoms with E-state index < -0.39 is 60.4 Å². The predicted octanol–water partition coefficient (Wildman–Crippen LogP) is -2.88. The number of nitrogens with zero attached hydrogens (tertiary/aromatic N) is 1. The monoisotopic (exact) mass is 501 g/mol. The second-order valence-corrected chi connectivity index (χ2v) is 9.67. The lowest BCUT2D eigenvalue weighted by Crippen LogP contribution is -2.34. The van der Waals surface area contributed by atoms with Crippen LogP contribution in [0.25, 0.3) is 0 Å². The minimum absolute atomic E-state index is 0.244. The van der Waals surface area contributed by atoms with E-state index in [0.717, 1.165) is 0 Å². The molecule has 1 saturated heterocycles. The van der Waals surface area contributed by atoms with Crippen LogP contribution in [0.5, 0.6) is 0 Å². The summed E-state index contributed by atoms with van der Waals surface area (Å²) in [5, 5.41) is 27.5. The fourth-order valence-corrected chi connectivity index (χ4v) is 4.75. The molecule has 2 heterocycles. The number of nitrogen functional groups attached to an aromatic ring is 1. The number of aliphatic hydroxyl groups is 3. The summed E-state index contributed by atoms with van der Waals surface area (Å²) < 4.78 is 48.3. The van der Waals surface area contributed by atoms with Crippen molar-refractivity contribution in [2.45, 2.75) is 24.6 Å². The topological polar surface area (TPSA) is 302 Å². The highest BCUT2D eigenvalue weighted by Crippen LogP contribution is 2.66. The summed E-state index contributed by atoms with van der Waals surface area (Å²) in [6.07, 6.45) is -5.22. The number of hydrogen-bond donors (Lipinski definition) is 9. The summed E-state index contributed by atoms with van der Waals surface area (Å²) in [7, 11) is -16.5. The molecule has 0 bridgehead atoms. The molecule has 6 atom stereocenters. The number of H-pyrrole nitrogens is 1. The van der Waals surface area contributed by atoms with Crippen LogP contribution in [0.3, 0.4) is 0 Å². The normalized spacial score (nSPS) is 28.1. The van der Waals surface area contributed by atoms with Gasteiger partial charge in [-0.2, -0.15) is 13.6 Å². The molecule has 18 nitrogen and oxygen atoms in total. The van der Waals surface area contributed by atoms with E-state index in [1.165, 1.54) is 12.3 Å². The number of aromatic nitrogens is 2. The maximum atomic E-state index is 11.3. The number of rotatable bonds is 7. The van der Waals surface area contributed by atoms with Crippen LogP contribution in [0.1, 0.15) is 0 Å². The highest BCUT2D eigenvalue weighted by molar-refractivity contribution is 7.66. The Hall–Kier alpha value is -1.07. The van der Waals surface area contributed by atoms with Crippen LogP contribution in [0.2, 0.25) is 0 Å². The third kappa shape index (κ3) is 9.82. The Bertz CT molecular complexity index is 903. The van der Waals surface area contributed by atoms with E-state index >= 15 is 0 Å². The number of aromatic amines is 1. The largest absolute Gasteiger partial charge is 0.490 e. The highest BCUT2D eigenvalue weighted by atomic mass is 31.3. The van der Waals surface area contributed by atoms with E-state index in [0.29, 0.717) is 0 Å². The number of anilines is 1. The Kier molecular flexibility index (Phi) is 9.43. The summed E-state index contributed by atoms with van der Waals surface area (Å²) in [6.45, 7) is -0.973. The maximum absolute atomic E-state index is 11.3. The molecular formula is C9H18N3O15P3. The van der Waals surface area contributed by atoms with E-state index in [9.17, 15) is 23.6 Å². The van der Waals surface area contributed by atoms with Crippen molar-refractivity contribution in [3.05, 3.63) is 22.7 Å². The molecule has 0 amide bonds. The summed E-state index contributed by atoms with van der Waals surface area (Å²) in [5.74, 6) is 0.244. The minimum atomic E-state index is -5.64. The highest BCUT2D eigenvalue weighted by Gasteiger charge is 2.45. The van der Waals surface area contributed by atoms with Gasteiger partial charge in [0.1, 0.15) is 24.1 Å². The summed E-state index contributed by atoms with van der Waals surface area (Å²) in [5.41, 5.74) is 4.72. The molecule has 174 valence electrons. The Morgan fingerprint density at radius 2 is 1.67 bits per heavy atom. The van der Waals surface area contributed by atoms with Gasteiger partial charge in [0.25, 0.3) is 0 Å². The van der Waals surface area contributed by atoms with Gasteiger partial charge in [0.05, 0.1) is 6.61 Å². The molecule has 21 heteroatoms. The number of hydrogen-bond acceptors (Lipinski definition) is 13. The van der Waals surface area contributed by atoms with Crippen molar-refractivity contribution in [2.75, 3.05) is 12.3 Å². The molecule has 0 aliphatic carbocycles. The SMILES string of the molecule is Nc1cc[nH]c(=O)n1.O=P(O)(O)OP(=O)(O)OP(=O)(O)OC[C@H]1O[C@@H](O)[C@@H](O)[C@@H]1O. The molecule has 1 aromatic heterocycles. The lowest BCUT2D eigenvalue weighted by atomic mass is 10.1. The van der Waals surface area contributed by atoms with Crippen molar-refractivity contribution in [3.8, 4) is 0 Å². The lowest BCUT2D eigenvalue weighted by Gasteiger charge is -2.18. The number of aliphatic hydroxyl groups excluding tert-OH is 3. The van der Waals surface area contributed by atoms with E-state index in [4.69, 9.17) is 35.5 Å². The molecule has 2 unspecified atom stereocenters. The quantitative estimate of drug-likeness (QED) is 0.169. The van der Waals surface area contributed by atoms with Gasteiger partial charge < -0.3 is 50.3 Å². The Labute approximate surface area is 166 Å². The van der Waals surface area contributed by atoms with Gasteiger partial charge >= 0.3 is 29.2 Å². The first kappa shape index (κ1) is 27.0. The molecule has 1 fully saturated rings. The van der Waals surface area contributed by atoms with E-state index in [1.807, 2.05) is 0 Å². The third-order valence-electron chi connectivity index (χ3n) is 2.85. The molecule has 0 aromatic carbocycles. The van der Waals surface area contributed by atoms with Crippen molar-refractivity contribution in [1.29, 1.82) is 0 Å². The maximum Gasteiger partial charge on any atom is 0.490 e. The van der Waals surface area contributed by atoms with Crippen molar-refractivity contribution in [2.24, 2.45) is 0 Å². The lowest BCUT2D eigenvalue weighted by molar-refractivity contribution is -0.132. The van der Waals surface area contributed by atoms with Crippen molar-refractivity contribution in [1.82, 2.24) is 9.97 Å². The number of phosphoric ester groups is 1. The molecule has 0 spiro atoms. The van der Waals surface area contributed by atoms with Gasteiger partial charge in [-0.3, -0.25) is 4.52 Å². The zero-order valence-corrected chi connectivity index (χ0v) is 17.1. The summed E-state index contributed by atoms with van der Waals surface area (Å²) in [4.78, 5) is 50.5. The molecule has 2 rings (SSSR count). The van der Waals surface area contributed by atoms with Crippen LogP contribution < -0.4 is 11.4 Å². The number of phosphoric acid groups is 3. The van der Waals surface area contributed by atoms with Crippen molar-refractivity contribution >= 4 is 29.3 Å². The van der Waals surface area contributed by atoms with Crippen molar-refractivity contribution < 1.29 is 66.5 Å². The van der Waals surface area contributed by atoms with Crippen LogP contribution >= 0.6 is 23.5 Å². The second kappa shape index (κ2) is 10.5. The van der Waals surface area contributed by atoms with Crippen LogP contribution in [0, 0.1) is 0 Å². The fourth-order valence-electron chi connectivity index (χ4n) is 1.72. The first-order valence-corrected chi connectivity index (χ1v) is 11.8. The zero-order valence-electron chi connectivity index (χ0n) is 14.4. The smallest absolute Gasteiger partial charge is 0.387 e. The van der Waals surface area contributed by atoms with Gasteiger partial charge in [-0.25, -0.2) is 18.5 Å². The number of nitrogens with one attached hydrogen (secondary N) is 1. The predicted molar refractivity (Wildman–Crippen MR) is 92.0 cm³/mol. The summed E-state index contributed by atoms with van der Waals surface area (Å²) >= 11 is 0. The Balaban J connectivity index is 0.000000467. The van der Waals surface area contributed by atoms with Crippen LogP contribution in [0.15, 0.2) is 17.1 Å². The number of nitrogens with two attached hydrogens (primary N) is 1. The molecule has 1 aliphatic rings. The minimum Gasteiger partial charge on any atom is -0.387 e. The third-order valence-corrected chi connectivity index (χ3v) is 6.65.